The molecule has 3 fully saturated rings. The second-order valence-corrected chi connectivity index (χ2v) is 15.1. The molecule has 3 aliphatic rings. The molecule has 7 atom stereocenters. The lowest BCUT2D eigenvalue weighted by atomic mass is 9.66. The van der Waals surface area contributed by atoms with Crippen LogP contribution in [0.25, 0.3) is 0 Å². The van der Waals surface area contributed by atoms with Gasteiger partial charge < -0.3 is 24.5 Å². The maximum absolute atomic E-state index is 15.0. The van der Waals surface area contributed by atoms with Gasteiger partial charge in [0.1, 0.15) is 11.8 Å². The van der Waals surface area contributed by atoms with E-state index in [9.17, 15) is 14.7 Å². The summed E-state index contributed by atoms with van der Waals surface area (Å²) in [5, 5.41) is 10.9. The number of anilines is 1. The van der Waals surface area contributed by atoms with Crippen LogP contribution in [0.4, 0.5) is 5.69 Å². The second kappa shape index (κ2) is 14.3. The highest BCUT2D eigenvalue weighted by Crippen LogP contribution is 2.72. The molecule has 252 valence electrons. The summed E-state index contributed by atoms with van der Waals surface area (Å²) in [6.45, 7) is 16.8. The van der Waals surface area contributed by atoms with Crippen molar-refractivity contribution in [2.45, 2.75) is 81.0 Å². The van der Waals surface area contributed by atoms with Crippen molar-refractivity contribution in [1.29, 1.82) is 0 Å². The van der Waals surface area contributed by atoms with Crippen molar-refractivity contribution < 1.29 is 24.2 Å². The van der Waals surface area contributed by atoms with E-state index in [-0.39, 0.29) is 36.9 Å². The molecule has 5 rings (SSSR count). The monoisotopic (exact) mass is 659 g/mol. The summed E-state index contributed by atoms with van der Waals surface area (Å²) in [5.41, 5.74) is 1.45. The van der Waals surface area contributed by atoms with E-state index in [4.69, 9.17) is 4.74 Å². The molecule has 3 aliphatic heterocycles. The predicted molar refractivity (Wildman–Crippen MR) is 188 cm³/mol. The van der Waals surface area contributed by atoms with Gasteiger partial charge in [-0.15, -0.1) is 24.9 Å². The molecular weight excluding hydrogens is 611 g/mol. The molecule has 47 heavy (non-hydrogen) atoms. The lowest BCUT2D eigenvalue weighted by molar-refractivity contribution is -0.147. The van der Waals surface area contributed by atoms with Crippen molar-refractivity contribution in [3.63, 3.8) is 0 Å². The summed E-state index contributed by atoms with van der Waals surface area (Å²) in [5.74, 6) is -1.23. The number of fused-ring (bicyclic) bond motifs is 1. The summed E-state index contributed by atoms with van der Waals surface area (Å²) in [4.78, 5) is 50.0. The highest BCUT2D eigenvalue weighted by Gasteiger charge is 2.78. The molecule has 3 amide bonds. The molecule has 2 aromatic carbocycles. The van der Waals surface area contributed by atoms with Gasteiger partial charge in [-0.2, -0.15) is 0 Å². The van der Waals surface area contributed by atoms with Crippen LogP contribution in [0.1, 0.15) is 65.0 Å². The van der Waals surface area contributed by atoms with Gasteiger partial charge in [-0.3, -0.25) is 14.4 Å². The van der Waals surface area contributed by atoms with Gasteiger partial charge in [0.2, 0.25) is 17.7 Å². The number of likely N-dealkylation sites (tertiary alicyclic amines) is 1. The number of carbonyl (C=O) groups is 3. The maximum atomic E-state index is 15.0. The SMILES string of the molecule is C=CCN(C(=O)[C@@H]1[C@H]2C(=O)N([C@H](CO)c3ccccc3)C(C(=O)N(CC=C)C(C)CCC)C23CC[C@@]1(C)S3)c1ccc(OCC)cc1. The largest absolute Gasteiger partial charge is 0.494 e. The van der Waals surface area contributed by atoms with Crippen LogP contribution in [0.2, 0.25) is 0 Å². The maximum Gasteiger partial charge on any atom is 0.247 e. The van der Waals surface area contributed by atoms with Crippen LogP contribution < -0.4 is 9.64 Å². The number of ether oxygens (including phenoxy) is 1. The van der Waals surface area contributed by atoms with E-state index < -0.39 is 33.4 Å². The van der Waals surface area contributed by atoms with E-state index in [1.54, 1.807) is 33.7 Å². The van der Waals surface area contributed by atoms with Crippen molar-refractivity contribution in [2.75, 3.05) is 31.2 Å². The lowest BCUT2D eigenvalue weighted by Gasteiger charge is -2.41. The standard InChI is InChI=1S/C38H49N3O5S/c1-7-14-26(5)39(23-8-2)36(45)33-38-22-21-37(6,47-38)31(32(38)35(44)41(33)30(25-42)27-15-12-11-13-16-27)34(43)40(24-9-3)28-17-19-29(20-18-28)46-10-4/h8-9,11-13,15-20,26,30-33,42H,2-3,7,10,14,21-25H2,1,4-6H3/t26?,30-,31+,32+,33?,37-,38?/m1/s1. The first-order valence-corrected chi connectivity index (χ1v) is 17.7. The average molecular weight is 660 g/mol. The summed E-state index contributed by atoms with van der Waals surface area (Å²) < 4.78 is 4.26. The first kappa shape index (κ1) is 34.8. The van der Waals surface area contributed by atoms with E-state index in [0.29, 0.717) is 37.4 Å². The molecule has 0 radical (unpaired) electrons. The Morgan fingerprint density at radius 1 is 1.06 bits per heavy atom. The molecule has 8 nitrogen and oxygen atoms in total. The van der Waals surface area contributed by atoms with E-state index in [1.165, 1.54) is 0 Å². The number of thioether (sulfide) groups is 1. The molecule has 3 unspecified atom stereocenters. The predicted octanol–water partition coefficient (Wildman–Crippen LogP) is 6.02. The molecule has 9 heteroatoms. The third-order valence-corrected chi connectivity index (χ3v) is 12.3. The molecule has 3 saturated heterocycles. The Balaban J connectivity index is 1.63. The molecule has 1 spiro atoms. The van der Waals surface area contributed by atoms with Crippen molar-refractivity contribution >= 4 is 35.2 Å². The van der Waals surface area contributed by atoms with E-state index in [0.717, 1.165) is 18.4 Å². The number of rotatable bonds is 15. The Kier molecular flexibility index (Phi) is 10.6. The van der Waals surface area contributed by atoms with Gasteiger partial charge in [0.15, 0.2) is 0 Å². The smallest absolute Gasteiger partial charge is 0.247 e. The highest BCUT2D eigenvalue weighted by molar-refractivity contribution is 8.02. The van der Waals surface area contributed by atoms with Crippen LogP contribution in [-0.2, 0) is 14.4 Å². The Hall–Kier alpha value is -3.56. The quantitative estimate of drug-likeness (QED) is 0.235. The zero-order valence-corrected chi connectivity index (χ0v) is 29.0. The topological polar surface area (TPSA) is 90.4 Å². The Bertz CT molecular complexity index is 1470. The number of nitrogens with zero attached hydrogens (tertiary/aromatic N) is 3. The fraction of sp³-hybridized carbons (Fsp3) is 0.500. The number of amides is 3. The van der Waals surface area contributed by atoms with Gasteiger partial charge >= 0.3 is 0 Å². The Morgan fingerprint density at radius 3 is 2.34 bits per heavy atom. The normalized spacial score (nSPS) is 27.2. The minimum atomic E-state index is -0.848. The molecule has 3 heterocycles. The molecular formula is C38H49N3O5S. The zero-order valence-electron chi connectivity index (χ0n) is 28.1. The number of hydrogen-bond acceptors (Lipinski definition) is 6. The minimum Gasteiger partial charge on any atom is -0.494 e. The van der Waals surface area contributed by atoms with Gasteiger partial charge in [0, 0.05) is 29.6 Å². The Labute approximate surface area is 283 Å². The van der Waals surface area contributed by atoms with Gasteiger partial charge in [-0.25, -0.2) is 0 Å². The van der Waals surface area contributed by atoms with Crippen LogP contribution >= 0.6 is 11.8 Å². The first-order chi connectivity index (χ1) is 22.6. The van der Waals surface area contributed by atoms with Crippen molar-refractivity contribution in [3.05, 3.63) is 85.5 Å². The molecule has 1 N–H and O–H groups in total. The zero-order chi connectivity index (χ0) is 33.9. The fourth-order valence-electron chi connectivity index (χ4n) is 8.25. The molecule has 0 aliphatic carbocycles. The molecule has 0 saturated carbocycles. The van der Waals surface area contributed by atoms with Crippen LogP contribution in [0.15, 0.2) is 79.9 Å². The lowest BCUT2D eigenvalue weighted by Crippen LogP contribution is -2.57. The molecule has 2 bridgehead atoms. The third kappa shape index (κ3) is 6.01. The van der Waals surface area contributed by atoms with Gasteiger partial charge in [0.05, 0.1) is 35.8 Å². The fourth-order valence-corrected chi connectivity index (χ4v) is 10.6. The Morgan fingerprint density at radius 2 is 1.74 bits per heavy atom. The van der Waals surface area contributed by atoms with Gasteiger partial charge in [0.25, 0.3) is 0 Å². The molecule has 2 aromatic rings. The van der Waals surface area contributed by atoms with Crippen LogP contribution in [0, 0.1) is 11.8 Å². The summed E-state index contributed by atoms with van der Waals surface area (Å²) in [6, 6.07) is 15.2. The summed E-state index contributed by atoms with van der Waals surface area (Å²) >= 11 is 1.64. The van der Waals surface area contributed by atoms with E-state index in [1.807, 2.05) is 73.3 Å². The van der Waals surface area contributed by atoms with E-state index in [2.05, 4.69) is 27.0 Å². The van der Waals surface area contributed by atoms with E-state index >= 15 is 4.79 Å². The summed E-state index contributed by atoms with van der Waals surface area (Å²) in [7, 11) is 0. The average Bonchev–Trinajstić information content (AvgIpc) is 3.64. The number of hydrogen-bond donors (Lipinski definition) is 1. The van der Waals surface area contributed by atoms with Gasteiger partial charge in [-0.1, -0.05) is 55.8 Å². The molecule has 0 aromatic heterocycles. The van der Waals surface area contributed by atoms with Crippen LogP contribution in [0.5, 0.6) is 5.75 Å². The van der Waals surface area contributed by atoms with Crippen LogP contribution in [-0.4, -0.2) is 80.5 Å². The van der Waals surface area contributed by atoms with Gasteiger partial charge in [-0.05, 0) is 69.9 Å². The summed E-state index contributed by atoms with van der Waals surface area (Å²) in [6.07, 6.45) is 6.47. The number of carbonyl (C=O) groups excluding carboxylic acids is 3. The highest BCUT2D eigenvalue weighted by atomic mass is 32.2. The number of aliphatic hydroxyl groups excluding tert-OH is 1. The number of benzene rings is 2. The van der Waals surface area contributed by atoms with Crippen molar-refractivity contribution in [2.24, 2.45) is 11.8 Å². The van der Waals surface area contributed by atoms with Crippen molar-refractivity contribution in [3.8, 4) is 5.75 Å². The first-order valence-electron chi connectivity index (χ1n) is 16.9. The van der Waals surface area contributed by atoms with Crippen LogP contribution in [0.3, 0.4) is 0 Å². The third-order valence-electron chi connectivity index (χ3n) is 10.3. The number of aliphatic hydroxyl groups is 1. The van der Waals surface area contributed by atoms with Crippen molar-refractivity contribution in [1.82, 2.24) is 9.80 Å². The minimum absolute atomic E-state index is 0.0680. The second-order valence-electron chi connectivity index (χ2n) is 13.2.